The molecule has 0 radical (unpaired) electrons. The smallest absolute Gasteiger partial charge is 0.228 e. The first-order valence-electron chi connectivity index (χ1n) is 10.0. The molecule has 0 bridgehead atoms. The molecular weight excluding hydrogens is 417 g/mol. The van der Waals surface area contributed by atoms with Crippen molar-refractivity contribution in [1.29, 1.82) is 5.26 Å². The minimum absolute atomic E-state index is 0.245. The van der Waals surface area contributed by atoms with Gasteiger partial charge in [-0.15, -0.1) is 0 Å². The summed E-state index contributed by atoms with van der Waals surface area (Å²) in [6.07, 6.45) is 2.81. The van der Waals surface area contributed by atoms with E-state index in [4.69, 9.17) is 14.2 Å². The van der Waals surface area contributed by atoms with Gasteiger partial charge in [-0.05, 0) is 49.4 Å². The topological polar surface area (TPSA) is 112 Å². The molecule has 5 unspecified atom stereocenters. The Morgan fingerprint density at radius 3 is 2.77 bits per heavy atom. The van der Waals surface area contributed by atoms with Crippen LogP contribution < -0.4 is 0 Å². The van der Waals surface area contributed by atoms with Gasteiger partial charge in [-0.2, -0.15) is 5.26 Å². The first kappa shape index (κ1) is 25.1. The maximum atomic E-state index is 10.5. The first-order valence-corrected chi connectivity index (χ1v) is 11.7. The van der Waals surface area contributed by atoms with Crippen LogP contribution in [0, 0.1) is 11.3 Å². The fraction of sp³-hybridized carbons (Fsp3) is 0.435. The molecule has 1 saturated heterocycles. The van der Waals surface area contributed by atoms with E-state index < -0.39 is 26.6 Å². The number of methoxy groups -OCH3 is 1. The second-order valence-electron chi connectivity index (χ2n) is 7.24. The van der Waals surface area contributed by atoms with Crippen LogP contribution in [0.1, 0.15) is 30.9 Å². The normalized spacial score (nSPS) is 25.4. The number of nitrogens with zero attached hydrogens (tertiary/aromatic N) is 1. The molecule has 7 nitrogen and oxygen atoms in total. The van der Waals surface area contributed by atoms with E-state index >= 15 is 0 Å². The van der Waals surface area contributed by atoms with Crippen molar-refractivity contribution in [2.75, 3.05) is 13.3 Å². The van der Waals surface area contributed by atoms with Crippen LogP contribution in [0.2, 0.25) is 0 Å². The quantitative estimate of drug-likeness (QED) is 0.287. The highest BCUT2D eigenvalue weighted by Crippen LogP contribution is 2.38. The van der Waals surface area contributed by atoms with Crippen molar-refractivity contribution >= 4 is 8.15 Å². The summed E-state index contributed by atoms with van der Waals surface area (Å²) >= 11 is 0. The second-order valence-corrected chi connectivity index (χ2v) is 9.01. The Bertz CT molecular complexity index is 834. The number of aliphatic hydroxyl groups is 2. The molecule has 168 valence electrons. The van der Waals surface area contributed by atoms with Crippen molar-refractivity contribution in [1.82, 2.24) is 0 Å². The summed E-state index contributed by atoms with van der Waals surface area (Å²) in [6.45, 7) is 5.47. The van der Waals surface area contributed by atoms with E-state index in [1.807, 2.05) is 12.1 Å². The Morgan fingerprint density at radius 2 is 2.10 bits per heavy atom. The van der Waals surface area contributed by atoms with Crippen molar-refractivity contribution in [2.24, 2.45) is 0 Å². The summed E-state index contributed by atoms with van der Waals surface area (Å²) in [5.74, 6) is 1.03. The standard InChI is InChI=1S/C23H30NO6P/c1-4-19(10-9-16(2)28-3)29-23-22(26)21(25)13-20(30-23)11-12-31(27)15-18-8-6-5-7-17(18)14-24/h4-10,20-23,25-27H,1,11-13,15H2,2-3H3/b16-9+,19-10+. The number of benzene rings is 1. The number of hydrogen-bond donors (Lipinski definition) is 3. The molecule has 1 aromatic carbocycles. The molecule has 0 amide bonds. The lowest BCUT2D eigenvalue weighted by molar-refractivity contribution is -0.252. The number of hydrogen-bond acceptors (Lipinski definition) is 7. The summed E-state index contributed by atoms with van der Waals surface area (Å²) in [5, 5.41) is 29.7. The van der Waals surface area contributed by atoms with E-state index in [2.05, 4.69) is 12.6 Å². The number of rotatable bonds is 10. The van der Waals surface area contributed by atoms with E-state index in [0.717, 1.165) is 5.56 Å². The Labute approximate surface area is 184 Å². The summed E-state index contributed by atoms with van der Waals surface area (Å²) in [4.78, 5) is 10.5. The van der Waals surface area contributed by atoms with Crippen LogP contribution in [-0.4, -0.2) is 53.0 Å². The van der Waals surface area contributed by atoms with Crippen molar-refractivity contribution < 1.29 is 29.3 Å². The van der Waals surface area contributed by atoms with Crippen molar-refractivity contribution in [3.63, 3.8) is 0 Å². The van der Waals surface area contributed by atoms with Gasteiger partial charge < -0.3 is 29.3 Å². The van der Waals surface area contributed by atoms with Crippen LogP contribution in [0.3, 0.4) is 0 Å². The highest BCUT2D eigenvalue weighted by Gasteiger charge is 2.38. The van der Waals surface area contributed by atoms with E-state index in [0.29, 0.717) is 35.8 Å². The van der Waals surface area contributed by atoms with Crippen molar-refractivity contribution in [3.8, 4) is 6.07 Å². The molecule has 3 N–H and O–H groups in total. The summed E-state index contributed by atoms with van der Waals surface area (Å²) in [6, 6.07) is 9.35. The molecule has 0 spiro atoms. The molecule has 5 atom stereocenters. The Hall–Kier alpha value is -2.20. The van der Waals surface area contributed by atoms with Crippen LogP contribution in [0.4, 0.5) is 0 Å². The van der Waals surface area contributed by atoms with Crippen LogP contribution in [0.25, 0.3) is 0 Å². The summed E-state index contributed by atoms with van der Waals surface area (Å²) < 4.78 is 16.6. The summed E-state index contributed by atoms with van der Waals surface area (Å²) in [5.41, 5.74) is 1.38. The maximum Gasteiger partial charge on any atom is 0.228 e. The predicted octanol–water partition coefficient (Wildman–Crippen LogP) is 3.31. The Balaban J connectivity index is 1.95. The number of allylic oxidation sites excluding steroid dienone is 4. The molecule has 0 saturated carbocycles. The zero-order chi connectivity index (χ0) is 22.8. The average molecular weight is 447 g/mol. The van der Waals surface area contributed by atoms with Crippen LogP contribution in [-0.2, 0) is 20.4 Å². The number of aliphatic hydroxyl groups excluding tert-OH is 2. The first-order chi connectivity index (χ1) is 14.9. The van der Waals surface area contributed by atoms with E-state index in [1.54, 1.807) is 38.3 Å². The molecule has 1 aliphatic heterocycles. The lowest BCUT2D eigenvalue weighted by Crippen LogP contribution is -2.49. The molecule has 0 aromatic heterocycles. The van der Waals surface area contributed by atoms with Gasteiger partial charge in [0.25, 0.3) is 0 Å². The molecule has 2 rings (SSSR count). The highest BCUT2D eigenvalue weighted by atomic mass is 31.1. The third kappa shape index (κ3) is 7.77. The van der Waals surface area contributed by atoms with Crippen LogP contribution >= 0.6 is 8.15 Å². The van der Waals surface area contributed by atoms with Gasteiger partial charge in [0.2, 0.25) is 6.29 Å². The molecular formula is C23H30NO6P. The zero-order valence-electron chi connectivity index (χ0n) is 17.8. The van der Waals surface area contributed by atoms with Gasteiger partial charge in [-0.25, -0.2) is 0 Å². The van der Waals surface area contributed by atoms with Crippen LogP contribution in [0.5, 0.6) is 0 Å². The lowest BCUT2D eigenvalue weighted by Gasteiger charge is -2.37. The molecule has 31 heavy (non-hydrogen) atoms. The van der Waals surface area contributed by atoms with Gasteiger partial charge >= 0.3 is 0 Å². The second kappa shape index (κ2) is 12.6. The average Bonchev–Trinajstić information content (AvgIpc) is 2.78. The van der Waals surface area contributed by atoms with Crippen LogP contribution in [0.15, 0.2) is 60.6 Å². The van der Waals surface area contributed by atoms with Gasteiger partial charge in [0.05, 0.1) is 36.7 Å². The Kier molecular flexibility index (Phi) is 10.2. The van der Waals surface area contributed by atoms with Gasteiger partial charge in [0, 0.05) is 20.7 Å². The minimum Gasteiger partial charge on any atom is -0.501 e. The van der Waals surface area contributed by atoms with Crippen molar-refractivity contribution in [3.05, 3.63) is 71.7 Å². The van der Waals surface area contributed by atoms with Gasteiger partial charge in [0.15, 0.2) is 0 Å². The van der Waals surface area contributed by atoms with Gasteiger partial charge in [-0.1, -0.05) is 24.8 Å². The monoisotopic (exact) mass is 447 g/mol. The van der Waals surface area contributed by atoms with E-state index in [1.165, 1.54) is 6.08 Å². The molecule has 1 aliphatic rings. The molecule has 1 fully saturated rings. The zero-order valence-corrected chi connectivity index (χ0v) is 18.7. The number of nitriles is 1. The number of ether oxygens (including phenoxy) is 3. The molecule has 8 heteroatoms. The van der Waals surface area contributed by atoms with E-state index in [-0.39, 0.29) is 12.5 Å². The maximum absolute atomic E-state index is 10.5. The van der Waals surface area contributed by atoms with Gasteiger partial charge in [-0.3, -0.25) is 0 Å². The van der Waals surface area contributed by atoms with Gasteiger partial charge in [0.1, 0.15) is 11.9 Å². The highest BCUT2D eigenvalue weighted by molar-refractivity contribution is 7.50. The minimum atomic E-state index is -1.34. The molecule has 0 aliphatic carbocycles. The van der Waals surface area contributed by atoms with E-state index in [9.17, 15) is 20.4 Å². The predicted molar refractivity (Wildman–Crippen MR) is 119 cm³/mol. The summed E-state index contributed by atoms with van der Waals surface area (Å²) in [7, 11) is 0.210. The fourth-order valence-corrected chi connectivity index (χ4v) is 4.51. The third-order valence-corrected chi connectivity index (χ3v) is 6.44. The third-order valence-electron chi connectivity index (χ3n) is 4.96. The van der Waals surface area contributed by atoms with Crippen molar-refractivity contribution in [2.45, 2.75) is 50.5 Å². The Morgan fingerprint density at radius 1 is 1.35 bits per heavy atom. The largest absolute Gasteiger partial charge is 0.501 e. The molecule has 1 aromatic rings. The fourth-order valence-electron chi connectivity index (χ4n) is 3.09. The lowest BCUT2D eigenvalue weighted by atomic mass is 10.0. The SMILES string of the molecule is C=C/C(=C\C=C(/C)OC)OC1OC(CCP(O)Cc2ccccc2C#N)CC(O)C1O. The molecule has 1 heterocycles.